The van der Waals surface area contributed by atoms with Crippen molar-refractivity contribution in [1.82, 2.24) is 19.1 Å². The fraction of sp³-hybridized carbons (Fsp3) is 0.0385. The van der Waals surface area contributed by atoms with Gasteiger partial charge in [-0.25, -0.2) is 0 Å². The van der Waals surface area contributed by atoms with Crippen molar-refractivity contribution in [3.05, 3.63) is 218 Å². The molecule has 1 aliphatic carbocycles. The molecule has 0 saturated carbocycles. The van der Waals surface area contributed by atoms with E-state index in [1.807, 2.05) is 30.6 Å². The van der Waals surface area contributed by atoms with Crippen LogP contribution in [0.2, 0.25) is 0 Å². The minimum atomic E-state index is 0.182. The zero-order chi connectivity index (χ0) is 37.0. The zero-order valence-electron chi connectivity index (χ0n) is 30.6. The molecule has 2 atom stereocenters. The van der Waals surface area contributed by atoms with E-state index >= 15 is 0 Å². The molecule has 0 amide bonds. The van der Waals surface area contributed by atoms with E-state index in [-0.39, 0.29) is 11.8 Å². The summed E-state index contributed by atoms with van der Waals surface area (Å²) in [7, 11) is 0. The second kappa shape index (κ2) is 13.2. The summed E-state index contributed by atoms with van der Waals surface area (Å²) in [5.74, 6) is 0.380. The zero-order valence-corrected chi connectivity index (χ0v) is 30.6. The summed E-state index contributed by atoms with van der Waals surface area (Å²) in [4.78, 5) is 9.43. The van der Waals surface area contributed by atoms with Crippen molar-refractivity contribution >= 4 is 43.6 Å². The standard InChI is InChI=1S/C52H36N4/c1-3-18-41(47-22-9-11-30-53-47)39(16-1)35-26-28-51-45(32-35)43-20-5-7-24-49(43)55(51)37-14-13-15-38(34-37)56-50-25-8-6-21-44(50)46-33-36(27-29-52(46)56)40-17-2-4-19-42(40)48-23-10-12-31-54-48/h1-34,39,41H. The number of hydrogen-bond donors (Lipinski definition) is 0. The van der Waals surface area contributed by atoms with Crippen molar-refractivity contribution in [2.24, 2.45) is 0 Å². The van der Waals surface area contributed by atoms with Crippen molar-refractivity contribution in [3.8, 4) is 33.8 Å². The van der Waals surface area contributed by atoms with Gasteiger partial charge in [0.2, 0.25) is 0 Å². The van der Waals surface area contributed by atoms with E-state index in [9.17, 15) is 0 Å². The molecule has 0 N–H and O–H groups in total. The first-order chi connectivity index (χ1) is 27.8. The molecular weight excluding hydrogens is 681 g/mol. The number of aromatic nitrogens is 4. The van der Waals surface area contributed by atoms with Crippen LogP contribution in [0.5, 0.6) is 0 Å². The van der Waals surface area contributed by atoms with Crippen LogP contribution in [-0.4, -0.2) is 19.1 Å². The van der Waals surface area contributed by atoms with Gasteiger partial charge in [-0.2, -0.15) is 0 Å². The molecule has 0 spiro atoms. The second-order valence-electron chi connectivity index (χ2n) is 14.6. The normalized spacial score (nSPS) is 15.4. The monoisotopic (exact) mass is 716 g/mol. The number of allylic oxidation sites excluding steroid dienone is 4. The molecule has 0 radical (unpaired) electrons. The molecule has 1 aliphatic rings. The van der Waals surface area contributed by atoms with Crippen molar-refractivity contribution in [2.75, 3.05) is 0 Å². The maximum absolute atomic E-state index is 4.74. The summed E-state index contributed by atoms with van der Waals surface area (Å²) in [5, 5.41) is 4.95. The Morgan fingerprint density at radius 3 is 1.68 bits per heavy atom. The molecule has 264 valence electrons. The van der Waals surface area contributed by atoms with Crippen molar-refractivity contribution in [1.29, 1.82) is 0 Å². The van der Waals surface area contributed by atoms with Gasteiger partial charge in [0.15, 0.2) is 0 Å². The van der Waals surface area contributed by atoms with E-state index in [2.05, 4.69) is 190 Å². The smallest absolute Gasteiger partial charge is 0.0708 e. The lowest BCUT2D eigenvalue weighted by atomic mass is 9.80. The minimum Gasteiger partial charge on any atom is -0.309 e. The van der Waals surface area contributed by atoms with E-state index in [1.165, 1.54) is 60.3 Å². The third-order valence-corrected chi connectivity index (χ3v) is 11.4. The molecule has 4 nitrogen and oxygen atoms in total. The van der Waals surface area contributed by atoms with Gasteiger partial charge in [-0.15, -0.1) is 0 Å². The number of hydrogen-bond acceptors (Lipinski definition) is 2. The Kier molecular flexibility index (Phi) is 7.59. The first-order valence-corrected chi connectivity index (χ1v) is 19.2. The lowest BCUT2D eigenvalue weighted by Crippen LogP contribution is -2.11. The summed E-state index contributed by atoms with van der Waals surface area (Å²) < 4.78 is 4.83. The van der Waals surface area contributed by atoms with Crippen LogP contribution in [0.1, 0.15) is 23.1 Å². The summed E-state index contributed by atoms with van der Waals surface area (Å²) in [6.45, 7) is 0. The Hall–Kier alpha value is -7.30. The third-order valence-electron chi connectivity index (χ3n) is 11.4. The lowest BCUT2D eigenvalue weighted by molar-refractivity contribution is 0.709. The molecule has 56 heavy (non-hydrogen) atoms. The second-order valence-corrected chi connectivity index (χ2v) is 14.6. The van der Waals surface area contributed by atoms with Gasteiger partial charge in [-0.3, -0.25) is 9.97 Å². The Bertz CT molecular complexity index is 3150. The summed E-state index contributed by atoms with van der Waals surface area (Å²) in [5.41, 5.74) is 13.8. The Balaban J connectivity index is 1.05. The minimum absolute atomic E-state index is 0.182. The van der Waals surface area contributed by atoms with E-state index in [0.29, 0.717) is 0 Å². The van der Waals surface area contributed by atoms with Gasteiger partial charge in [0.25, 0.3) is 0 Å². The highest BCUT2D eigenvalue weighted by Crippen LogP contribution is 2.42. The summed E-state index contributed by atoms with van der Waals surface area (Å²) in [6, 6.07) is 61.3. The summed E-state index contributed by atoms with van der Waals surface area (Å²) >= 11 is 0. The van der Waals surface area contributed by atoms with Crippen LogP contribution in [0.4, 0.5) is 0 Å². The molecule has 0 aliphatic heterocycles. The molecule has 11 rings (SSSR count). The van der Waals surface area contributed by atoms with Gasteiger partial charge in [-0.1, -0.05) is 115 Å². The molecule has 0 fully saturated rings. The molecule has 10 aromatic rings. The molecular formula is C52H36N4. The van der Waals surface area contributed by atoms with Gasteiger partial charge in [0.05, 0.1) is 27.8 Å². The van der Waals surface area contributed by atoms with Crippen LogP contribution in [-0.2, 0) is 0 Å². The molecule has 0 bridgehead atoms. The molecule has 4 aromatic heterocycles. The van der Waals surface area contributed by atoms with Gasteiger partial charge in [0.1, 0.15) is 0 Å². The number of rotatable bonds is 6. The molecule has 2 unspecified atom stereocenters. The highest BCUT2D eigenvalue weighted by atomic mass is 15.0. The molecule has 0 saturated heterocycles. The number of para-hydroxylation sites is 2. The van der Waals surface area contributed by atoms with Crippen molar-refractivity contribution in [2.45, 2.75) is 11.8 Å². The van der Waals surface area contributed by atoms with Crippen LogP contribution < -0.4 is 0 Å². The van der Waals surface area contributed by atoms with E-state index < -0.39 is 0 Å². The maximum Gasteiger partial charge on any atom is 0.0708 e. The van der Waals surface area contributed by atoms with Crippen LogP contribution in [0, 0.1) is 0 Å². The molecule has 6 aromatic carbocycles. The van der Waals surface area contributed by atoms with Crippen LogP contribution in [0.15, 0.2) is 207 Å². The number of benzene rings is 6. The van der Waals surface area contributed by atoms with Crippen LogP contribution in [0.3, 0.4) is 0 Å². The van der Waals surface area contributed by atoms with Gasteiger partial charge < -0.3 is 9.13 Å². The SMILES string of the molecule is C1=CC(c2ccc3c(c2)c2ccccc2n3-c2cccc(-n3c4ccccc4c4cc(-c5ccccc5-c5ccccn5)ccc43)c2)C(c2ccccn2)C=C1. The fourth-order valence-corrected chi connectivity index (χ4v) is 8.93. The van der Waals surface area contributed by atoms with E-state index in [0.717, 1.165) is 28.3 Å². The predicted octanol–water partition coefficient (Wildman–Crippen LogP) is 13.0. The van der Waals surface area contributed by atoms with Crippen LogP contribution >= 0.6 is 0 Å². The average molecular weight is 717 g/mol. The highest BCUT2D eigenvalue weighted by Gasteiger charge is 2.25. The Morgan fingerprint density at radius 1 is 0.393 bits per heavy atom. The van der Waals surface area contributed by atoms with Crippen LogP contribution in [0.25, 0.3) is 77.4 Å². The largest absolute Gasteiger partial charge is 0.309 e. The number of fused-ring (bicyclic) bond motifs is 6. The lowest BCUT2D eigenvalue weighted by Gasteiger charge is -2.24. The fourth-order valence-electron chi connectivity index (χ4n) is 8.93. The topological polar surface area (TPSA) is 35.6 Å². The number of pyridine rings is 2. The van der Waals surface area contributed by atoms with E-state index in [4.69, 9.17) is 4.98 Å². The quantitative estimate of drug-likeness (QED) is 0.172. The third kappa shape index (κ3) is 5.22. The van der Waals surface area contributed by atoms with Gasteiger partial charge >= 0.3 is 0 Å². The van der Waals surface area contributed by atoms with Crippen molar-refractivity contribution < 1.29 is 0 Å². The predicted molar refractivity (Wildman–Crippen MR) is 232 cm³/mol. The number of nitrogens with zero attached hydrogens (tertiary/aromatic N) is 4. The summed E-state index contributed by atoms with van der Waals surface area (Å²) in [6.07, 6.45) is 12.7. The molecule has 4 heterocycles. The van der Waals surface area contributed by atoms with Gasteiger partial charge in [-0.05, 0) is 95.6 Å². The average Bonchev–Trinajstić information content (AvgIpc) is 3.79. The molecule has 4 heteroatoms. The maximum atomic E-state index is 4.74. The first kappa shape index (κ1) is 32.2. The van der Waals surface area contributed by atoms with E-state index in [1.54, 1.807) is 0 Å². The first-order valence-electron chi connectivity index (χ1n) is 19.2. The van der Waals surface area contributed by atoms with Gasteiger partial charge in [0, 0.05) is 68.4 Å². The van der Waals surface area contributed by atoms with Crippen molar-refractivity contribution in [3.63, 3.8) is 0 Å². The highest BCUT2D eigenvalue weighted by molar-refractivity contribution is 6.11. The Morgan fingerprint density at radius 2 is 0.982 bits per heavy atom. The Labute approximate surface area is 325 Å².